The summed E-state index contributed by atoms with van der Waals surface area (Å²) in [4.78, 5) is 4.61. The van der Waals surface area contributed by atoms with Gasteiger partial charge in [0.1, 0.15) is 7.85 Å². The molecule has 0 saturated carbocycles. The van der Waals surface area contributed by atoms with Crippen molar-refractivity contribution in [1.29, 1.82) is 0 Å². The Bertz CT molecular complexity index is 746. The molecular formula is C15H16BN3. The number of fused-ring (bicyclic) bond motifs is 1. The SMILES string of the molecule is Bc1cccc(-c2nc3ccc(CC)cn3n2)c1C. The van der Waals surface area contributed by atoms with Crippen LogP contribution in [-0.4, -0.2) is 22.4 Å². The van der Waals surface area contributed by atoms with Crippen molar-refractivity contribution < 1.29 is 0 Å². The minimum Gasteiger partial charge on any atom is -0.220 e. The Hall–Kier alpha value is -2.10. The molecule has 2 aromatic heterocycles. The van der Waals surface area contributed by atoms with Gasteiger partial charge >= 0.3 is 0 Å². The van der Waals surface area contributed by atoms with Crippen LogP contribution in [0.15, 0.2) is 36.5 Å². The Balaban J connectivity index is 2.18. The van der Waals surface area contributed by atoms with Gasteiger partial charge in [0.25, 0.3) is 0 Å². The number of aryl methyl sites for hydroxylation is 1. The number of aromatic nitrogens is 3. The molecule has 1 aromatic carbocycles. The van der Waals surface area contributed by atoms with E-state index in [-0.39, 0.29) is 0 Å². The van der Waals surface area contributed by atoms with Crippen LogP contribution >= 0.6 is 0 Å². The molecule has 0 radical (unpaired) electrons. The number of rotatable bonds is 2. The van der Waals surface area contributed by atoms with Gasteiger partial charge in [-0.25, -0.2) is 9.50 Å². The van der Waals surface area contributed by atoms with Gasteiger partial charge in [0.05, 0.1) is 0 Å². The molecule has 0 aliphatic rings. The Morgan fingerprint density at radius 3 is 2.84 bits per heavy atom. The van der Waals surface area contributed by atoms with Crippen molar-refractivity contribution in [2.24, 2.45) is 0 Å². The molecule has 2 heterocycles. The van der Waals surface area contributed by atoms with E-state index in [1.54, 1.807) is 0 Å². The maximum atomic E-state index is 4.61. The van der Waals surface area contributed by atoms with E-state index in [4.69, 9.17) is 0 Å². The fourth-order valence-electron chi connectivity index (χ4n) is 2.24. The van der Waals surface area contributed by atoms with Gasteiger partial charge in [-0.15, -0.1) is 5.10 Å². The number of hydrogen-bond acceptors (Lipinski definition) is 2. The third kappa shape index (κ3) is 2.03. The summed E-state index contributed by atoms with van der Waals surface area (Å²) in [5.74, 6) is 0.800. The second-order valence-corrected chi connectivity index (χ2v) is 4.88. The maximum absolute atomic E-state index is 4.61. The highest BCUT2D eigenvalue weighted by atomic mass is 15.3. The van der Waals surface area contributed by atoms with Crippen molar-refractivity contribution in [3.8, 4) is 11.4 Å². The van der Waals surface area contributed by atoms with Gasteiger partial charge in [-0.1, -0.05) is 36.7 Å². The molecule has 0 atom stereocenters. The van der Waals surface area contributed by atoms with Crippen molar-refractivity contribution in [2.45, 2.75) is 20.3 Å². The first-order valence-corrected chi connectivity index (χ1v) is 6.61. The first-order valence-electron chi connectivity index (χ1n) is 6.61. The number of hydrogen-bond donors (Lipinski definition) is 0. The summed E-state index contributed by atoms with van der Waals surface area (Å²) < 4.78 is 1.87. The largest absolute Gasteiger partial charge is 0.220 e. The molecule has 3 nitrogen and oxygen atoms in total. The van der Waals surface area contributed by atoms with Gasteiger partial charge in [0, 0.05) is 11.8 Å². The predicted molar refractivity (Wildman–Crippen MR) is 80.7 cm³/mol. The van der Waals surface area contributed by atoms with Crippen LogP contribution in [0.25, 0.3) is 17.0 Å². The molecule has 0 amide bonds. The monoisotopic (exact) mass is 249 g/mol. The van der Waals surface area contributed by atoms with Gasteiger partial charge in [0.15, 0.2) is 11.5 Å². The second-order valence-electron chi connectivity index (χ2n) is 4.88. The minimum absolute atomic E-state index is 0.800. The molecule has 0 N–H and O–H groups in total. The van der Waals surface area contributed by atoms with E-state index in [2.05, 4.69) is 62.2 Å². The molecule has 0 aliphatic heterocycles. The normalized spacial score (nSPS) is 11.1. The highest BCUT2D eigenvalue weighted by Gasteiger charge is 2.09. The highest BCUT2D eigenvalue weighted by Crippen LogP contribution is 2.19. The van der Waals surface area contributed by atoms with Crippen LogP contribution in [0.1, 0.15) is 18.1 Å². The molecule has 0 aliphatic carbocycles. The van der Waals surface area contributed by atoms with Crippen LogP contribution in [0.2, 0.25) is 0 Å². The Morgan fingerprint density at radius 1 is 1.21 bits per heavy atom. The average molecular weight is 249 g/mol. The van der Waals surface area contributed by atoms with Gasteiger partial charge in [-0.3, -0.25) is 0 Å². The average Bonchev–Trinajstić information content (AvgIpc) is 2.84. The third-order valence-corrected chi connectivity index (χ3v) is 3.65. The lowest BCUT2D eigenvalue weighted by Gasteiger charge is -2.04. The lowest BCUT2D eigenvalue weighted by atomic mass is 9.88. The van der Waals surface area contributed by atoms with Gasteiger partial charge in [0.2, 0.25) is 0 Å². The zero-order chi connectivity index (χ0) is 13.4. The summed E-state index contributed by atoms with van der Waals surface area (Å²) in [6, 6.07) is 10.4. The van der Waals surface area contributed by atoms with Gasteiger partial charge in [-0.05, 0) is 30.5 Å². The van der Waals surface area contributed by atoms with Crippen molar-refractivity contribution in [2.75, 3.05) is 0 Å². The Morgan fingerprint density at radius 2 is 2.05 bits per heavy atom. The van der Waals surface area contributed by atoms with Crippen LogP contribution in [0.3, 0.4) is 0 Å². The summed E-state index contributed by atoms with van der Waals surface area (Å²) in [6.45, 7) is 4.26. The summed E-state index contributed by atoms with van der Waals surface area (Å²) in [6.07, 6.45) is 3.06. The fourth-order valence-corrected chi connectivity index (χ4v) is 2.24. The molecule has 0 spiro atoms. The molecule has 19 heavy (non-hydrogen) atoms. The van der Waals surface area contributed by atoms with Crippen molar-refractivity contribution in [3.63, 3.8) is 0 Å². The van der Waals surface area contributed by atoms with Crippen LogP contribution in [0, 0.1) is 6.92 Å². The molecule has 0 saturated heterocycles. The molecule has 4 heteroatoms. The molecule has 3 aromatic rings. The molecule has 0 unspecified atom stereocenters. The quantitative estimate of drug-likeness (QED) is 0.645. The third-order valence-electron chi connectivity index (χ3n) is 3.65. The van der Waals surface area contributed by atoms with E-state index < -0.39 is 0 Å². The highest BCUT2D eigenvalue weighted by molar-refractivity contribution is 6.33. The van der Waals surface area contributed by atoms with Crippen LogP contribution in [0.5, 0.6) is 0 Å². The zero-order valence-corrected chi connectivity index (χ0v) is 11.5. The number of nitrogens with zero attached hydrogens (tertiary/aromatic N) is 3. The van der Waals surface area contributed by atoms with Gasteiger partial charge < -0.3 is 0 Å². The van der Waals surface area contributed by atoms with Gasteiger partial charge in [-0.2, -0.15) is 0 Å². The summed E-state index contributed by atoms with van der Waals surface area (Å²) in [5, 5.41) is 4.60. The van der Waals surface area contributed by atoms with E-state index in [0.29, 0.717) is 0 Å². The van der Waals surface area contributed by atoms with Crippen LogP contribution < -0.4 is 5.46 Å². The number of pyridine rings is 1. The molecule has 94 valence electrons. The molecule has 0 fully saturated rings. The second kappa shape index (κ2) is 4.54. The predicted octanol–water partition coefficient (Wildman–Crippen LogP) is 1.53. The zero-order valence-electron chi connectivity index (χ0n) is 11.5. The minimum atomic E-state index is 0.800. The summed E-state index contributed by atoms with van der Waals surface area (Å²) >= 11 is 0. The standard InChI is InChI=1S/C15H16BN3/c1-3-11-7-8-14-17-15(18-19(14)9-11)12-5-4-6-13(16)10(12)2/h4-9H,3,16H2,1-2H3. The van der Waals surface area contributed by atoms with Crippen molar-refractivity contribution in [3.05, 3.63) is 47.7 Å². The molecule has 0 bridgehead atoms. The lowest BCUT2D eigenvalue weighted by Crippen LogP contribution is -2.07. The van der Waals surface area contributed by atoms with E-state index in [9.17, 15) is 0 Å². The summed E-state index contributed by atoms with van der Waals surface area (Å²) in [7, 11) is 2.11. The van der Waals surface area contributed by atoms with Crippen LogP contribution in [0.4, 0.5) is 0 Å². The first-order chi connectivity index (χ1) is 9.19. The maximum Gasteiger partial charge on any atom is 0.182 e. The first kappa shape index (κ1) is 12.0. The van der Waals surface area contributed by atoms with Crippen molar-refractivity contribution in [1.82, 2.24) is 14.6 Å². The number of benzene rings is 1. The summed E-state index contributed by atoms with van der Waals surface area (Å²) in [5.41, 5.74) is 5.79. The topological polar surface area (TPSA) is 30.2 Å². The van der Waals surface area contributed by atoms with E-state index in [1.807, 2.05) is 10.6 Å². The molecular weight excluding hydrogens is 233 g/mol. The smallest absolute Gasteiger partial charge is 0.182 e. The Labute approximate surface area is 113 Å². The fraction of sp³-hybridized carbons (Fsp3) is 0.200. The van der Waals surface area contributed by atoms with E-state index >= 15 is 0 Å². The van der Waals surface area contributed by atoms with E-state index in [1.165, 1.54) is 16.6 Å². The molecule has 3 rings (SSSR count). The van der Waals surface area contributed by atoms with Crippen molar-refractivity contribution >= 4 is 19.0 Å². The lowest BCUT2D eigenvalue weighted by molar-refractivity contribution is 0.939. The van der Waals surface area contributed by atoms with E-state index in [0.717, 1.165) is 23.5 Å². The van der Waals surface area contributed by atoms with Crippen LogP contribution in [-0.2, 0) is 6.42 Å². The Kier molecular flexibility index (Phi) is 2.86.